The highest BCUT2D eigenvalue weighted by molar-refractivity contribution is 7.81. The number of hydrogen-bond donors (Lipinski definition) is 3. The summed E-state index contributed by atoms with van der Waals surface area (Å²) < 4.78 is 10.4. The van der Waals surface area contributed by atoms with Crippen LogP contribution in [0.2, 0.25) is 0 Å². The first-order chi connectivity index (χ1) is 20.0. The number of alkyl carbamates (subject to hydrolysis) is 1. The Labute approximate surface area is 244 Å². The summed E-state index contributed by atoms with van der Waals surface area (Å²) in [7, 11) is 0. The van der Waals surface area contributed by atoms with Gasteiger partial charge in [-0.05, 0) is 41.8 Å². The Morgan fingerprint density at radius 2 is 1.45 bits per heavy atom. The van der Waals surface area contributed by atoms with Gasteiger partial charge in [-0.2, -0.15) is 12.6 Å². The number of nitrogens with two attached hydrogens (primary N) is 1. The molecule has 2 aromatic carbocycles. The van der Waals surface area contributed by atoms with Crippen LogP contribution < -0.4 is 11.1 Å². The maximum Gasteiger partial charge on any atom is 0.414 e. The van der Waals surface area contributed by atoms with Gasteiger partial charge in [0.2, 0.25) is 5.91 Å². The van der Waals surface area contributed by atoms with Crippen LogP contribution >= 0.6 is 12.6 Å². The standard InChI is InChI=1S/C25H27N7O9S/c26-23(28-24(34)40-13-15-1-5-18(6-2-15)31(36)37)27-17-10-29(11-17)22(33)21-9-20(42)12-30(21)25(35)41-14-16-3-7-19(8-4-16)32(38)39/h1-8,17,20-21,42H,9-14H2,(H3,26,27,28,34)/t20-,21-/m0/s1. The Kier molecular flexibility index (Phi) is 9.41. The average Bonchev–Trinajstić information content (AvgIpc) is 3.34. The third-order valence-electron chi connectivity index (χ3n) is 6.55. The number of non-ortho nitro benzene ring substituents is 2. The van der Waals surface area contributed by atoms with Crippen LogP contribution in [-0.4, -0.2) is 80.7 Å². The van der Waals surface area contributed by atoms with Crippen LogP contribution in [0.25, 0.3) is 0 Å². The summed E-state index contributed by atoms with van der Waals surface area (Å²) in [6, 6.07) is 9.96. The second-order valence-electron chi connectivity index (χ2n) is 9.57. The van der Waals surface area contributed by atoms with Gasteiger partial charge in [-0.1, -0.05) is 0 Å². The van der Waals surface area contributed by atoms with E-state index in [-0.39, 0.29) is 67.4 Å². The van der Waals surface area contributed by atoms with Gasteiger partial charge in [0.1, 0.15) is 19.3 Å². The van der Waals surface area contributed by atoms with Crippen molar-refractivity contribution in [2.45, 2.75) is 37.0 Å². The second kappa shape index (κ2) is 13.2. The Morgan fingerprint density at radius 3 is 1.98 bits per heavy atom. The van der Waals surface area contributed by atoms with E-state index in [0.717, 1.165) is 0 Å². The number of thiol groups is 1. The molecule has 4 rings (SSSR count). The third-order valence-corrected chi connectivity index (χ3v) is 6.92. The highest BCUT2D eigenvalue weighted by atomic mass is 32.1. The lowest BCUT2D eigenvalue weighted by Crippen LogP contribution is -2.59. The normalized spacial score (nSPS) is 18.6. The molecule has 2 fully saturated rings. The number of nitro benzene ring substituents is 2. The zero-order valence-corrected chi connectivity index (χ0v) is 22.9. The van der Waals surface area contributed by atoms with Crippen LogP contribution in [0.4, 0.5) is 21.0 Å². The quantitative estimate of drug-likeness (QED) is 0.131. The van der Waals surface area contributed by atoms with Gasteiger partial charge in [-0.3, -0.25) is 35.2 Å². The van der Waals surface area contributed by atoms with E-state index in [1.807, 2.05) is 0 Å². The number of nitrogens with one attached hydrogen (secondary N) is 1. The number of aliphatic imine (C=N–C) groups is 1. The monoisotopic (exact) mass is 601 g/mol. The first-order valence-electron chi connectivity index (χ1n) is 12.6. The van der Waals surface area contributed by atoms with E-state index in [9.17, 15) is 34.6 Å². The molecule has 2 aliphatic rings. The molecule has 0 bridgehead atoms. The number of rotatable bonds is 8. The lowest BCUT2D eigenvalue weighted by molar-refractivity contribution is -0.385. The van der Waals surface area contributed by atoms with Crippen molar-refractivity contribution in [1.29, 1.82) is 0 Å². The molecule has 0 aromatic heterocycles. The van der Waals surface area contributed by atoms with Crippen LogP contribution in [0, 0.1) is 20.2 Å². The lowest BCUT2D eigenvalue weighted by Gasteiger charge is -2.39. The summed E-state index contributed by atoms with van der Waals surface area (Å²) in [5.74, 6) is -0.493. The van der Waals surface area contributed by atoms with Crippen molar-refractivity contribution in [3.8, 4) is 0 Å². The van der Waals surface area contributed by atoms with Gasteiger partial charge in [-0.25, -0.2) is 14.6 Å². The SMILES string of the molecule is NC(=NC1CN(C(=O)[C@@H]2C[C@H](S)CN2C(=O)OCc2ccc([N+](=O)[O-])cc2)C1)NC(=O)OCc1ccc([N+](=O)[O-])cc1. The minimum Gasteiger partial charge on any atom is -0.445 e. The zero-order valence-electron chi connectivity index (χ0n) is 22.0. The molecule has 2 aromatic rings. The minimum absolute atomic E-state index is 0.0810. The number of guanidine groups is 1. The van der Waals surface area contributed by atoms with E-state index in [2.05, 4.69) is 22.9 Å². The van der Waals surface area contributed by atoms with Crippen molar-refractivity contribution in [3.05, 3.63) is 79.9 Å². The first kappa shape index (κ1) is 30.0. The van der Waals surface area contributed by atoms with Crippen molar-refractivity contribution in [2.75, 3.05) is 19.6 Å². The molecule has 16 nitrogen and oxygen atoms in total. The number of likely N-dealkylation sites (tertiary alicyclic amines) is 2. The third kappa shape index (κ3) is 7.62. The van der Waals surface area contributed by atoms with Crippen molar-refractivity contribution in [1.82, 2.24) is 15.1 Å². The second-order valence-corrected chi connectivity index (χ2v) is 10.3. The average molecular weight is 602 g/mol. The fourth-order valence-corrected chi connectivity index (χ4v) is 4.73. The van der Waals surface area contributed by atoms with Crippen molar-refractivity contribution in [3.63, 3.8) is 0 Å². The summed E-state index contributed by atoms with van der Waals surface area (Å²) in [4.78, 5) is 65.3. The van der Waals surface area contributed by atoms with E-state index < -0.39 is 28.1 Å². The van der Waals surface area contributed by atoms with E-state index in [4.69, 9.17) is 15.2 Å². The molecule has 2 saturated heterocycles. The Morgan fingerprint density at radius 1 is 0.929 bits per heavy atom. The van der Waals surface area contributed by atoms with E-state index >= 15 is 0 Å². The summed E-state index contributed by atoms with van der Waals surface area (Å²) in [5.41, 5.74) is 6.72. The van der Waals surface area contributed by atoms with Gasteiger partial charge in [-0.15, -0.1) is 0 Å². The fourth-order valence-electron chi connectivity index (χ4n) is 4.35. The van der Waals surface area contributed by atoms with Crippen LogP contribution in [0.1, 0.15) is 17.5 Å². The van der Waals surface area contributed by atoms with Gasteiger partial charge in [0, 0.05) is 49.1 Å². The lowest BCUT2D eigenvalue weighted by atomic mass is 10.1. The van der Waals surface area contributed by atoms with Gasteiger partial charge in [0.05, 0.1) is 15.9 Å². The molecule has 0 aliphatic carbocycles. The molecule has 222 valence electrons. The molecular weight excluding hydrogens is 574 g/mol. The smallest absolute Gasteiger partial charge is 0.414 e. The van der Waals surface area contributed by atoms with Gasteiger partial charge in [0.25, 0.3) is 11.4 Å². The Hall–Kier alpha value is -4.93. The van der Waals surface area contributed by atoms with E-state index in [0.29, 0.717) is 17.5 Å². The Balaban J connectivity index is 1.22. The van der Waals surface area contributed by atoms with Gasteiger partial charge >= 0.3 is 12.2 Å². The molecule has 2 atom stereocenters. The molecule has 0 radical (unpaired) electrons. The number of carbonyl (C=O) groups excluding carboxylic acids is 3. The fraction of sp³-hybridized carbons (Fsp3) is 0.360. The predicted octanol–water partition coefficient (Wildman–Crippen LogP) is 1.96. The molecule has 0 spiro atoms. The summed E-state index contributed by atoms with van der Waals surface area (Å²) in [5, 5.41) is 23.6. The van der Waals surface area contributed by atoms with Crippen LogP contribution in [-0.2, 0) is 27.5 Å². The van der Waals surface area contributed by atoms with E-state index in [1.54, 1.807) is 0 Å². The molecule has 42 heavy (non-hydrogen) atoms. The molecule has 3 N–H and O–H groups in total. The van der Waals surface area contributed by atoms with E-state index in [1.165, 1.54) is 58.3 Å². The summed E-state index contributed by atoms with van der Waals surface area (Å²) >= 11 is 4.43. The number of carbonyl (C=O) groups is 3. The van der Waals surface area contributed by atoms with Crippen molar-refractivity contribution >= 4 is 48.1 Å². The number of benzene rings is 2. The zero-order chi connectivity index (χ0) is 30.4. The van der Waals surface area contributed by atoms with Gasteiger partial charge in [0.15, 0.2) is 5.96 Å². The number of nitro groups is 2. The summed E-state index contributed by atoms with van der Waals surface area (Å²) in [6.07, 6.45) is -1.22. The van der Waals surface area contributed by atoms with Crippen LogP contribution in [0.5, 0.6) is 0 Å². The molecule has 0 unspecified atom stereocenters. The van der Waals surface area contributed by atoms with Gasteiger partial charge < -0.3 is 20.1 Å². The highest BCUT2D eigenvalue weighted by Gasteiger charge is 2.44. The predicted molar refractivity (Wildman–Crippen MR) is 150 cm³/mol. The number of ether oxygens (including phenoxy) is 2. The maximum atomic E-state index is 13.1. The van der Waals surface area contributed by atoms with Crippen LogP contribution in [0.3, 0.4) is 0 Å². The van der Waals surface area contributed by atoms with Crippen molar-refractivity contribution < 1.29 is 33.7 Å². The molecule has 17 heteroatoms. The minimum atomic E-state index is -0.865. The Bertz CT molecular complexity index is 1380. The summed E-state index contributed by atoms with van der Waals surface area (Å²) in [6.45, 7) is 0.404. The first-order valence-corrected chi connectivity index (χ1v) is 13.2. The molecule has 0 saturated carbocycles. The number of hydrogen-bond acceptors (Lipinski definition) is 11. The van der Waals surface area contributed by atoms with Crippen molar-refractivity contribution in [2.24, 2.45) is 10.7 Å². The molecule has 2 heterocycles. The molecular formula is C25H27N7O9S. The largest absolute Gasteiger partial charge is 0.445 e. The molecule has 2 aliphatic heterocycles. The topological polar surface area (TPSA) is 213 Å². The number of amides is 3. The highest BCUT2D eigenvalue weighted by Crippen LogP contribution is 2.27. The maximum absolute atomic E-state index is 13.1. The molecule has 3 amide bonds. The van der Waals surface area contributed by atoms with Crippen LogP contribution in [0.15, 0.2) is 53.5 Å². The number of nitrogens with zero attached hydrogens (tertiary/aromatic N) is 5.